The highest BCUT2D eigenvalue weighted by Gasteiger charge is 2.35. The molecular formula is C21H29N3O2. The molecule has 26 heavy (non-hydrogen) atoms. The Balaban J connectivity index is 1.14. The third-order valence-corrected chi connectivity index (χ3v) is 5.99. The van der Waals surface area contributed by atoms with E-state index in [0.717, 1.165) is 71.2 Å². The van der Waals surface area contributed by atoms with Gasteiger partial charge in [-0.3, -0.25) is 9.59 Å². The molecule has 1 N–H and O–H groups in total. The van der Waals surface area contributed by atoms with Crippen molar-refractivity contribution in [1.29, 1.82) is 0 Å². The summed E-state index contributed by atoms with van der Waals surface area (Å²) in [5.41, 5.74) is 2.79. The van der Waals surface area contributed by atoms with Crippen LogP contribution in [0.5, 0.6) is 0 Å². The predicted molar refractivity (Wildman–Crippen MR) is 102 cm³/mol. The second-order valence-corrected chi connectivity index (χ2v) is 7.88. The molecule has 5 nitrogen and oxygen atoms in total. The standard InChI is InChI=1S/C21H29N3O2/c25-20(17-9-14-24(15-10-17)21(26)18-6-7-18)22-11-3-12-23-13-8-16-4-1-2-5-19(16)23/h1-2,4-5,17-18H,3,6-15H2,(H,22,25). The number of hydrogen-bond donors (Lipinski definition) is 1. The van der Waals surface area contributed by atoms with Gasteiger partial charge in [-0.25, -0.2) is 0 Å². The van der Waals surface area contributed by atoms with Crippen LogP contribution in [0.15, 0.2) is 24.3 Å². The van der Waals surface area contributed by atoms with Crippen LogP contribution in [0.1, 0.15) is 37.7 Å². The number of piperidine rings is 1. The van der Waals surface area contributed by atoms with Crippen LogP contribution in [0.2, 0.25) is 0 Å². The molecule has 1 aromatic carbocycles. The minimum absolute atomic E-state index is 0.0748. The van der Waals surface area contributed by atoms with Gasteiger partial charge in [-0.2, -0.15) is 0 Å². The van der Waals surface area contributed by atoms with Gasteiger partial charge in [0.1, 0.15) is 0 Å². The number of hydrogen-bond acceptors (Lipinski definition) is 3. The number of carbonyl (C=O) groups excluding carboxylic acids is 2. The molecule has 1 aliphatic carbocycles. The number of nitrogens with zero attached hydrogens (tertiary/aromatic N) is 2. The van der Waals surface area contributed by atoms with Crippen LogP contribution < -0.4 is 10.2 Å². The van der Waals surface area contributed by atoms with Crippen molar-refractivity contribution in [2.45, 2.75) is 38.5 Å². The van der Waals surface area contributed by atoms with Gasteiger partial charge in [-0.05, 0) is 50.2 Å². The molecule has 2 heterocycles. The largest absolute Gasteiger partial charge is 0.371 e. The van der Waals surface area contributed by atoms with E-state index in [-0.39, 0.29) is 17.7 Å². The number of nitrogens with one attached hydrogen (secondary N) is 1. The molecule has 4 rings (SSSR count). The molecule has 1 saturated heterocycles. The van der Waals surface area contributed by atoms with E-state index in [1.54, 1.807) is 0 Å². The molecule has 0 unspecified atom stereocenters. The van der Waals surface area contributed by atoms with Crippen molar-refractivity contribution < 1.29 is 9.59 Å². The van der Waals surface area contributed by atoms with E-state index >= 15 is 0 Å². The third-order valence-electron chi connectivity index (χ3n) is 5.99. The van der Waals surface area contributed by atoms with Gasteiger partial charge in [0.2, 0.25) is 11.8 Å². The number of anilines is 1. The Morgan fingerprint density at radius 3 is 2.54 bits per heavy atom. The Hall–Kier alpha value is -2.04. The lowest BCUT2D eigenvalue weighted by atomic mass is 9.95. The fraction of sp³-hybridized carbons (Fsp3) is 0.619. The van der Waals surface area contributed by atoms with E-state index in [1.807, 2.05) is 4.90 Å². The minimum Gasteiger partial charge on any atom is -0.371 e. The SMILES string of the molecule is O=C(NCCCN1CCc2ccccc21)C1CCN(C(=O)C2CC2)CC1. The van der Waals surface area contributed by atoms with E-state index in [9.17, 15) is 9.59 Å². The Morgan fingerprint density at radius 2 is 1.77 bits per heavy atom. The summed E-state index contributed by atoms with van der Waals surface area (Å²) < 4.78 is 0. The van der Waals surface area contributed by atoms with Crippen molar-refractivity contribution >= 4 is 17.5 Å². The third kappa shape index (κ3) is 3.87. The number of para-hydroxylation sites is 1. The molecule has 1 aromatic rings. The molecule has 2 amide bonds. The van der Waals surface area contributed by atoms with Crippen LogP contribution in [0, 0.1) is 11.8 Å². The van der Waals surface area contributed by atoms with Gasteiger partial charge in [0.15, 0.2) is 0 Å². The molecule has 1 saturated carbocycles. The summed E-state index contributed by atoms with van der Waals surface area (Å²) in [6.45, 7) is 4.31. The topological polar surface area (TPSA) is 52.7 Å². The molecule has 140 valence electrons. The van der Waals surface area contributed by atoms with Gasteiger partial charge < -0.3 is 15.1 Å². The molecule has 3 aliphatic rings. The molecule has 0 atom stereocenters. The van der Waals surface area contributed by atoms with Gasteiger partial charge in [0.05, 0.1) is 0 Å². The first-order valence-corrected chi connectivity index (χ1v) is 10.1. The lowest BCUT2D eigenvalue weighted by Gasteiger charge is -2.31. The van der Waals surface area contributed by atoms with E-state index < -0.39 is 0 Å². The number of fused-ring (bicyclic) bond motifs is 1. The van der Waals surface area contributed by atoms with Crippen molar-refractivity contribution in [3.05, 3.63) is 29.8 Å². The Bertz CT molecular complexity index is 663. The van der Waals surface area contributed by atoms with Crippen LogP contribution in [0.3, 0.4) is 0 Å². The fourth-order valence-electron chi connectivity index (χ4n) is 4.22. The molecular weight excluding hydrogens is 326 g/mol. The van der Waals surface area contributed by atoms with Crippen LogP contribution in [-0.2, 0) is 16.0 Å². The molecule has 0 aromatic heterocycles. The summed E-state index contributed by atoms with van der Waals surface area (Å²) >= 11 is 0. The Morgan fingerprint density at radius 1 is 1.00 bits per heavy atom. The van der Waals surface area contributed by atoms with Crippen LogP contribution in [-0.4, -0.2) is 49.4 Å². The monoisotopic (exact) mass is 355 g/mol. The van der Waals surface area contributed by atoms with Gasteiger partial charge in [0.25, 0.3) is 0 Å². The van der Waals surface area contributed by atoms with E-state index in [0.29, 0.717) is 5.91 Å². The number of amides is 2. The zero-order chi connectivity index (χ0) is 17.9. The molecule has 0 bridgehead atoms. The zero-order valence-corrected chi connectivity index (χ0v) is 15.5. The van der Waals surface area contributed by atoms with Gasteiger partial charge >= 0.3 is 0 Å². The first-order chi connectivity index (χ1) is 12.7. The van der Waals surface area contributed by atoms with Crippen LogP contribution in [0.25, 0.3) is 0 Å². The number of rotatable bonds is 6. The maximum absolute atomic E-state index is 12.4. The van der Waals surface area contributed by atoms with Crippen molar-refractivity contribution in [1.82, 2.24) is 10.2 Å². The van der Waals surface area contributed by atoms with Crippen molar-refractivity contribution in [3.8, 4) is 0 Å². The van der Waals surface area contributed by atoms with E-state index in [4.69, 9.17) is 0 Å². The first kappa shape index (κ1) is 17.4. The maximum Gasteiger partial charge on any atom is 0.225 e. The van der Waals surface area contributed by atoms with Gasteiger partial charge in [-0.15, -0.1) is 0 Å². The second kappa shape index (κ2) is 7.68. The number of likely N-dealkylation sites (tertiary alicyclic amines) is 1. The van der Waals surface area contributed by atoms with Crippen LogP contribution in [0.4, 0.5) is 5.69 Å². The van der Waals surface area contributed by atoms with Crippen molar-refractivity contribution in [2.24, 2.45) is 11.8 Å². The summed E-state index contributed by atoms with van der Waals surface area (Å²) in [4.78, 5) is 28.9. The Labute approximate surface area is 155 Å². The summed E-state index contributed by atoms with van der Waals surface area (Å²) in [7, 11) is 0. The lowest BCUT2D eigenvalue weighted by Crippen LogP contribution is -2.43. The summed E-state index contributed by atoms with van der Waals surface area (Å²) in [6.07, 6.45) is 5.83. The minimum atomic E-state index is 0.0748. The second-order valence-electron chi connectivity index (χ2n) is 7.88. The normalized spacial score (nSPS) is 20.2. The fourth-order valence-corrected chi connectivity index (χ4v) is 4.22. The average molecular weight is 355 g/mol. The van der Waals surface area contributed by atoms with Crippen molar-refractivity contribution in [2.75, 3.05) is 37.6 Å². The van der Waals surface area contributed by atoms with Crippen LogP contribution >= 0.6 is 0 Å². The molecule has 0 radical (unpaired) electrons. The lowest BCUT2D eigenvalue weighted by molar-refractivity contribution is -0.136. The summed E-state index contributed by atoms with van der Waals surface area (Å²) in [5, 5.41) is 3.11. The quantitative estimate of drug-likeness (QED) is 0.796. The molecule has 2 fully saturated rings. The van der Waals surface area contributed by atoms with Gasteiger partial charge in [-0.1, -0.05) is 18.2 Å². The molecule has 0 spiro atoms. The van der Waals surface area contributed by atoms with Crippen molar-refractivity contribution in [3.63, 3.8) is 0 Å². The molecule has 5 heteroatoms. The van der Waals surface area contributed by atoms with E-state index in [1.165, 1.54) is 11.3 Å². The smallest absolute Gasteiger partial charge is 0.225 e. The summed E-state index contributed by atoms with van der Waals surface area (Å²) in [5.74, 6) is 0.849. The Kier molecular flexibility index (Phi) is 5.14. The average Bonchev–Trinajstić information content (AvgIpc) is 3.45. The number of carbonyl (C=O) groups is 2. The summed E-state index contributed by atoms with van der Waals surface area (Å²) in [6, 6.07) is 8.60. The number of benzene rings is 1. The predicted octanol–water partition coefficient (Wildman–Crippen LogP) is 2.20. The maximum atomic E-state index is 12.4. The molecule has 2 aliphatic heterocycles. The van der Waals surface area contributed by atoms with Gasteiger partial charge in [0, 0.05) is 50.2 Å². The zero-order valence-electron chi connectivity index (χ0n) is 15.5. The first-order valence-electron chi connectivity index (χ1n) is 10.1. The highest BCUT2D eigenvalue weighted by molar-refractivity contribution is 5.82. The highest BCUT2D eigenvalue weighted by Crippen LogP contribution is 2.32. The highest BCUT2D eigenvalue weighted by atomic mass is 16.2. The van der Waals surface area contributed by atoms with E-state index in [2.05, 4.69) is 34.5 Å².